The number of aryl methyl sites for hydroxylation is 1. The fourth-order valence-corrected chi connectivity index (χ4v) is 4.29. The Morgan fingerprint density at radius 2 is 1.84 bits per heavy atom. The van der Waals surface area contributed by atoms with Gasteiger partial charge in [-0.1, -0.05) is 18.6 Å². The summed E-state index contributed by atoms with van der Waals surface area (Å²) in [5, 5.41) is 11.6. The van der Waals surface area contributed by atoms with Crippen LogP contribution in [0.5, 0.6) is 5.75 Å². The summed E-state index contributed by atoms with van der Waals surface area (Å²) < 4.78 is 8.07. The molecule has 8 heteroatoms. The largest absolute Gasteiger partial charge is 0.476 e. The van der Waals surface area contributed by atoms with E-state index in [-0.39, 0.29) is 18.4 Å². The second-order valence-electron chi connectivity index (χ2n) is 8.17. The van der Waals surface area contributed by atoms with Crippen LogP contribution in [0.3, 0.4) is 0 Å². The maximum Gasteiger partial charge on any atom is 0.267 e. The fourth-order valence-electron chi connectivity index (χ4n) is 4.29. The molecule has 0 bridgehead atoms. The smallest absolute Gasteiger partial charge is 0.267 e. The van der Waals surface area contributed by atoms with Gasteiger partial charge in [0.2, 0.25) is 5.91 Å². The average Bonchev–Trinajstić information content (AvgIpc) is 3.06. The maximum atomic E-state index is 12.9. The molecule has 164 valence electrons. The number of ether oxygens (including phenoxy) is 1. The van der Waals surface area contributed by atoms with E-state index in [2.05, 4.69) is 20.1 Å². The first kappa shape index (κ1) is 20.2. The average molecular weight is 431 g/mol. The van der Waals surface area contributed by atoms with Gasteiger partial charge in [0.25, 0.3) is 5.91 Å². The normalized spacial score (nSPS) is 17.5. The predicted octanol–water partition coefficient (Wildman–Crippen LogP) is 3.42. The van der Waals surface area contributed by atoms with Crippen molar-refractivity contribution in [3.63, 3.8) is 0 Å². The summed E-state index contributed by atoms with van der Waals surface area (Å²) in [5.41, 5.74) is 2.31. The van der Waals surface area contributed by atoms with Crippen molar-refractivity contribution in [2.24, 2.45) is 0 Å². The lowest BCUT2D eigenvalue weighted by Gasteiger charge is -2.33. The molecule has 8 nitrogen and oxygen atoms in total. The van der Waals surface area contributed by atoms with Gasteiger partial charge in [-0.05, 0) is 49.2 Å². The van der Waals surface area contributed by atoms with E-state index >= 15 is 0 Å². The van der Waals surface area contributed by atoms with Gasteiger partial charge in [0.1, 0.15) is 11.6 Å². The number of anilines is 2. The third-order valence-electron chi connectivity index (χ3n) is 5.97. The minimum Gasteiger partial charge on any atom is -0.476 e. The van der Waals surface area contributed by atoms with Crippen LogP contribution in [0.25, 0.3) is 11.4 Å². The third-order valence-corrected chi connectivity index (χ3v) is 5.97. The monoisotopic (exact) mass is 431 g/mol. The first-order valence-corrected chi connectivity index (χ1v) is 11.0. The van der Waals surface area contributed by atoms with E-state index in [9.17, 15) is 9.59 Å². The number of carbonyl (C=O) groups excluding carboxylic acids is 2. The molecule has 2 aliphatic heterocycles. The maximum absolute atomic E-state index is 12.9. The first-order valence-electron chi connectivity index (χ1n) is 11.0. The minimum atomic E-state index is -0.791. The molecule has 1 N–H and O–H groups in total. The van der Waals surface area contributed by atoms with Crippen LogP contribution in [0.2, 0.25) is 0 Å². The topological polar surface area (TPSA) is 89.4 Å². The molecule has 3 heterocycles. The molecule has 3 aromatic rings. The highest BCUT2D eigenvalue weighted by Gasteiger charge is 2.32. The van der Waals surface area contributed by atoms with E-state index in [1.54, 1.807) is 11.0 Å². The molecule has 2 aliphatic rings. The second-order valence-corrected chi connectivity index (χ2v) is 8.17. The number of carbonyl (C=O) groups is 2. The Kier molecular flexibility index (Phi) is 5.34. The van der Waals surface area contributed by atoms with Crippen molar-refractivity contribution in [1.82, 2.24) is 14.8 Å². The van der Waals surface area contributed by atoms with Crippen molar-refractivity contribution in [1.29, 1.82) is 0 Å². The Labute approximate surface area is 186 Å². The molecular formula is C24H25N5O3. The van der Waals surface area contributed by atoms with Crippen molar-refractivity contribution in [3.8, 4) is 17.1 Å². The number of hydrogen-bond donors (Lipinski definition) is 1. The molecular weight excluding hydrogens is 406 g/mol. The predicted molar refractivity (Wildman–Crippen MR) is 121 cm³/mol. The highest BCUT2D eigenvalue weighted by molar-refractivity contribution is 5.99. The molecule has 0 saturated heterocycles. The highest BCUT2D eigenvalue weighted by Crippen LogP contribution is 2.33. The van der Waals surface area contributed by atoms with Crippen molar-refractivity contribution >= 4 is 23.2 Å². The summed E-state index contributed by atoms with van der Waals surface area (Å²) in [6.45, 7) is 2.59. The lowest BCUT2D eigenvalue weighted by atomic mass is 10.1. The molecule has 2 aromatic carbocycles. The van der Waals surface area contributed by atoms with Crippen molar-refractivity contribution < 1.29 is 14.3 Å². The number of nitrogens with zero attached hydrogens (tertiary/aromatic N) is 4. The Hall–Kier alpha value is -3.68. The van der Waals surface area contributed by atoms with Crippen molar-refractivity contribution in [2.75, 3.05) is 16.8 Å². The van der Waals surface area contributed by atoms with Crippen LogP contribution in [-0.2, 0) is 22.6 Å². The molecule has 5 rings (SSSR count). The molecule has 0 fully saturated rings. The van der Waals surface area contributed by atoms with E-state index in [0.29, 0.717) is 17.1 Å². The third kappa shape index (κ3) is 3.84. The Morgan fingerprint density at radius 3 is 2.66 bits per heavy atom. The molecule has 0 radical (unpaired) electrons. The van der Waals surface area contributed by atoms with Crippen LogP contribution in [-0.4, -0.2) is 39.2 Å². The zero-order valence-corrected chi connectivity index (χ0v) is 18.0. The van der Waals surface area contributed by atoms with Gasteiger partial charge < -0.3 is 19.5 Å². The Bertz CT molecular complexity index is 1150. The molecule has 0 spiro atoms. The fraction of sp³-hybridized carbons (Fsp3) is 0.333. The number of aromatic nitrogens is 3. The standard InChI is InChI=1S/C24H25N5O3/c1-16(30)29-15-21(32-20-8-5-4-7-19(20)29)24(31)25-18-12-10-17(11-13-18)23-27-26-22-9-3-2-6-14-28(22)23/h4-5,7-8,10-13,21H,2-3,6,9,14-15H2,1H3,(H,25,31)/t21-/m1/s1. The van der Waals surface area contributed by atoms with Crippen LogP contribution < -0.4 is 15.0 Å². The quantitative estimate of drug-likeness (QED) is 0.686. The van der Waals surface area contributed by atoms with Crippen LogP contribution in [0.15, 0.2) is 48.5 Å². The first-order chi connectivity index (χ1) is 15.6. The number of benzene rings is 2. The second kappa shape index (κ2) is 8.45. The summed E-state index contributed by atoms with van der Waals surface area (Å²) in [7, 11) is 0. The van der Waals surface area contributed by atoms with Gasteiger partial charge in [-0.2, -0.15) is 0 Å². The lowest BCUT2D eigenvalue weighted by Crippen LogP contribution is -2.48. The summed E-state index contributed by atoms with van der Waals surface area (Å²) in [6, 6.07) is 14.8. The number of nitrogens with one attached hydrogen (secondary N) is 1. The summed E-state index contributed by atoms with van der Waals surface area (Å²) in [6.07, 6.45) is 3.66. The van der Waals surface area contributed by atoms with E-state index in [4.69, 9.17) is 4.74 Å². The van der Waals surface area contributed by atoms with Gasteiger partial charge in [0.15, 0.2) is 11.9 Å². The Morgan fingerprint density at radius 1 is 1.03 bits per heavy atom. The zero-order chi connectivity index (χ0) is 22.1. The number of hydrogen-bond acceptors (Lipinski definition) is 5. The SMILES string of the molecule is CC(=O)N1C[C@H](C(=O)Nc2ccc(-c3nnc4n3CCCCC4)cc2)Oc2ccccc21. The van der Waals surface area contributed by atoms with Gasteiger partial charge in [0.05, 0.1) is 12.2 Å². The van der Waals surface area contributed by atoms with Crippen LogP contribution in [0.1, 0.15) is 32.0 Å². The molecule has 0 saturated carbocycles. The molecule has 0 unspecified atom stereocenters. The number of rotatable bonds is 3. The number of amides is 2. The van der Waals surface area contributed by atoms with E-state index in [0.717, 1.165) is 43.0 Å². The van der Waals surface area contributed by atoms with Gasteiger partial charge in [-0.15, -0.1) is 10.2 Å². The molecule has 0 aliphatic carbocycles. The van der Waals surface area contributed by atoms with Gasteiger partial charge in [-0.3, -0.25) is 9.59 Å². The van der Waals surface area contributed by atoms with Crippen molar-refractivity contribution in [2.45, 2.75) is 45.3 Å². The van der Waals surface area contributed by atoms with Crippen molar-refractivity contribution in [3.05, 3.63) is 54.4 Å². The summed E-state index contributed by atoms with van der Waals surface area (Å²) >= 11 is 0. The van der Waals surface area contributed by atoms with Gasteiger partial charge in [-0.25, -0.2) is 0 Å². The molecule has 32 heavy (non-hydrogen) atoms. The number of para-hydroxylation sites is 2. The van der Waals surface area contributed by atoms with Gasteiger partial charge in [0, 0.05) is 31.1 Å². The van der Waals surface area contributed by atoms with Crippen LogP contribution in [0.4, 0.5) is 11.4 Å². The van der Waals surface area contributed by atoms with E-state index in [1.165, 1.54) is 13.3 Å². The Balaban J connectivity index is 1.31. The van der Waals surface area contributed by atoms with E-state index < -0.39 is 6.10 Å². The zero-order valence-electron chi connectivity index (χ0n) is 18.0. The summed E-state index contributed by atoms with van der Waals surface area (Å²) in [4.78, 5) is 26.5. The number of fused-ring (bicyclic) bond motifs is 2. The van der Waals surface area contributed by atoms with Gasteiger partial charge >= 0.3 is 0 Å². The van der Waals surface area contributed by atoms with E-state index in [1.807, 2.05) is 42.5 Å². The summed E-state index contributed by atoms with van der Waals surface area (Å²) in [5.74, 6) is 2.01. The highest BCUT2D eigenvalue weighted by atomic mass is 16.5. The molecule has 1 aromatic heterocycles. The minimum absolute atomic E-state index is 0.129. The van der Waals surface area contributed by atoms with Crippen LogP contribution >= 0.6 is 0 Å². The van der Waals surface area contributed by atoms with Crippen LogP contribution in [0, 0.1) is 0 Å². The lowest BCUT2D eigenvalue weighted by molar-refractivity contribution is -0.123. The molecule has 2 amide bonds. The molecule has 1 atom stereocenters.